The molecule has 0 saturated heterocycles. The molecule has 1 aromatic carbocycles. The molecule has 0 aromatic heterocycles. The topological polar surface area (TPSA) is 3.24 Å². The van der Waals surface area contributed by atoms with Crippen LogP contribution in [0.4, 0.5) is 0 Å². The number of hydrogen-bond donors (Lipinski definition) is 0. The highest BCUT2D eigenvalue weighted by Crippen LogP contribution is 2.42. The van der Waals surface area contributed by atoms with E-state index in [0.717, 1.165) is 76.9 Å². The Hall–Kier alpha value is -0.820. The van der Waals surface area contributed by atoms with Crippen LogP contribution in [0.2, 0.25) is 0 Å². The van der Waals surface area contributed by atoms with Crippen molar-refractivity contribution in [3.63, 3.8) is 0 Å². The SMILES string of the molecule is CC(C)CC(C(C)C)C(c1ccccc1)C(C)C.CC(C)CC(CC(C)C)C(C)C.CC(C)CCN(CCC(C)C)CCC(C)C.CCC(CC(C)C)(CC(C)C)CC(C)C. The lowest BCUT2D eigenvalue weighted by Gasteiger charge is -2.37. The van der Waals surface area contributed by atoms with Crippen molar-refractivity contribution in [3.05, 3.63) is 35.9 Å². The van der Waals surface area contributed by atoms with Crippen LogP contribution in [0, 0.1) is 88.3 Å². The molecule has 0 saturated carbocycles. The number of hydrogen-bond acceptors (Lipinski definition) is 1. The summed E-state index contributed by atoms with van der Waals surface area (Å²) in [5.41, 5.74) is 2.13. The standard InChI is InChI=1S/C18H30.C15H33N.C15H32.C12H26/c1-13(2)12-17(14(3)4)18(15(5)6)16-10-8-7-9-11-16;1-13(2)7-10-16(11-8-14(3)4)12-9-15(5)6;1-8-15(9-12(2)3,10-13(4)5)11-14(6)7;1-9(2)7-12(11(5)6)8-10(3)4/h7-11,13-15,17-18H,12H2,1-6H3;13-15H,7-12H2,1-6H3;12-14H,8-11H2,1-7H3;9-12H,7-8H2,1-6H3. The highest BCUT2D eigenvalue weighted by Gasteiger charge is 2.31. The molecule has 0 spiro atoms. The van der Waals surface area contributed by atoms with Crippen molar-refractivity contribution in [2.24, 2.45) is 88.3 Å². The second-order valence-electron chi connectivity index (χ2n) is 25.0. The van der Waals surface area contributed by atoms with Gasteiger partial charge in [0.2, 0.25) is 0 Å². The fourth-order valence-corrected chi connectivity index (χ4v) is 9.97. The molecular weight excluding hydrogens is 735 g/mol. The van der Waals surface area contributed by atoms with Crippen molar-refractivity contribution < 1.29 is 0 Å². The Morgan fingerprint density at radius 1 is 0.393 bits per heavy atom. The maximum atomic E-state index is 2.67. The van der Waals surface area contributed by atoms with Gasteiger partial charge in [-0.15, -0.1) is 0 Å². The molecule has 0 N–H and O–H groups in total. The molecule has 2 unspecified atom stereocenters. The van der Waals surface area contributed by atoms with Gasteiger partial charge < -0.3 is 4.90 Å². The molecule has 0 aliphatic carbocycles. The maximum absolute atomic E-state index is 2.67. The Morgan fingerprint density at radius 3 is 0.967 bits per heavy atom. The molecule has 61 heavy (non-hydrogen) atoms. The van der Waals surface area contributed by atoms with Crippen LogP contribution in [0.1, 0.15) is 249 Å². The summed E-state index contributed by atoms with van der Waals surface area (Å²) in [4.78, 5) is 2.67. The summed E-state index contributed by atoms with van der Waals surface area (Å²) >= 11 is 0. The molecule has 0 heterocycles. The van der Waals surface area contributed by atoms with Gasteiger partial charge in [0.25, 0.3) is 0 Å². The summed E-state index contributed by atoms with van der Waals surface area (Å²) in [6.45, 7) is 62.6. The minimum Gasteiger partial charge on any atom is -0.303 e. The summed E-state index contributed by atoms with van der Waals surface area (Å²) in [7, 11) is 0. The first kappa shape index (κ1) is 64.5. The molecule has 1 nitrogen and oxygen atoms in total. The molecule has 1 heteroatoms. The zero-order chi connectivity index (χ0) is 48.0. The number of rotatable bonds is 27. The van der Waals surface area contributed by atoms with E-state index in [4.69, 9.17) is 0 Å². The van der Waals surface area contributed by atoms with Gasteiger partial charge in [-0.05, 0) is 177 Å². The van der Waals surface area contributed by atoms with Crippen molar-refractivity contribution in [2.75, 3.05) is 19.6 Å². The van der Waals surface area contributed by atoms with Gasteiger partial charge in [-0.2, -0.15) is 0 Å². The van der Waals surface area contributed by atoms with Gasteiger partial charge >= 0.3 is 0 Å². The lowest BCUT2D eigenvalue weighted by Crippen LogP contribution is -2.29. The second-order valence-corrected chi connectivity index (χ2v) is 25.0. The molecule has 0 bridgehead atoms. The highest BCUT2D eigenvalue weighted by atomic mass is 15.1. The van der Waals surface area contributed by atoms with Gasteiger partial charge in [0.05, 0.1) is 0 Å². The minimum atomic E-state index is 0.608. The van der Waals surface area contributed by atoms with Gasteiger partial charge in [0.15, 0.2) is 0 Å². The molecule has 0 aliphatic heterocycles. The normalized spacial score (nSPS) is 13.5. The van der Waals surface area contributed by atoms with Crippen LogP contribution in [0.3, 0.4) is 0 Å². The Labute approximate surface area is 390 Å². The van der Waals surface area contributed by atoms with Crippen LogP contribution in [0.25, 0.3) is 0 Å². The van der Waals surface area contributed by atoms with E-state index < -0.39 is 0 Å². The molecule has 0 amide bonds. The van der Waals surface area contributed by atoms with E-state index in [1.54, 1.807) is 0 Å². The first-order valence-electron chi connectivity index (χ1n) is 26.9. The fraction of sp³-hybridized carbons (Fsp3) is 0.900. The number of nitrogens with zero attached hydrogens (tertiary/aromatic N) is 1. The summed E-state index contributed by atoms with van der Waals surface area (Å²) in [5, 5.41) is 0. The van der Waals surface area contributed by atoms with Gasteiger partial charge in [-0.3, -0.25) is 0 Å². The van der Waals surface area contributed by atoms with Crippen molar-refractivity contribution in [2.45, 2.75) is 243 Å². The van der Waals surface area contributed by atoms with Crippen LogP contribution in [-0.2, 0) is 0 Å². The average molecular weight is 857 g/mol. The zero-order valence-corrected chi connectivity index (χ0v) is 47.2. The van der Waals surface area contributed by atoms with Crippen molar-refractivity contribution in [1.29, 1.82) is 0 Å². The van der Waals surface area contributed by atoms with Crippen LogP contribution in [0.15, 0.2) is 30.3 Å². The molecule has 366 valence electrons. The van der Waals surface area contributed by atoms with Crippen LogP contribution in [0.5, 0.6) is 0 Å². The van der Waals surface area contributed by atoms with E-state index in [1.165, 1.54) is 89.4 Å². The number of benzene rings is 1. The largest absolute Gasteiger partial charge is 0.303 e. The lowest BCUT2D eigenvalue weighted by atomic mass is 9.68. The van der Waals surface area contributed by atoms with Crippen LogP contribution >= 0.6 is 0 Å². The molecule has 0 fully saturated rings. The Balaban J connectivity index is -0.000000743. The molecular formula is C60H121N. The van der Waals surface area contributed by atoms with E-state index in [0.29, 0.717) is 17.3 Å². The van der Waals surface area contributed by atoms with Crippen molar-refractivity contribution >= 4 is 0 Å². The van der Waals surface area contributed by atoms with Crippen LogP contribution < -0.4 is 0 Å². The molecule has 0 radical (unpaired) electrons. The molecule has 0 aliphatic rings. The predicted molar refractivity (Wildman–Crippen MR) is 285 cm³/mol. The Kier molecular flexibility index (Phi) is 38.5. The van der Waals surface area contributed by atoms with E-state index >= 15 is 0 Å². The third kappa shape index (κ3) is 37.1. The van der Waals surface area contributed by atoms with Crippen molar-refractivity contribution in [3.8, 4) is 0 Å². The third-order valence-electron chi connectivity index (χ3n) is 12.8. The second kappa shape index (κ2) is 36.4. The molecule has 1 rings (SSSR count). The smallest absolute Gasteiger partial charge is 0.00163 e. The first-order chi connectivity index (χ1) is 28.1. The predicted octanol–water partition coefficient (Wildman–Crippen LogP) is 20.0. The maximum Gasteiger partial charge on any atom is -0.00163 e. The fourth-order valence-electron chi connectivity index (χ4n) is 9.97. The van der Waals surface area contributed by atoms with E-state index in [2.05, 4.69) is 208 Å². The summed E-state index contributed by atoms with van der Waals surface area (Å²) < 4.78 is 0. The van der Waals surface area contributed by atoms with E-state index in [1.807, 2.05) is 0 Å². The quantitative estimate of drug-likeness (QED) is 0.0852. The zero-order valence-electron chi connectivity index (χ0n) is 47.2. The summed E-state index contributed by atoms with van der Waals surface area (Å²) in [6, 6.07) is 11.1. The van der Waals surface area contributed by atoms with Gasteiger partial charge in [0.1, 0.15) is 0 Å². The Morgan fingerprint density at radius 2 is 0.738 bits per heavy atom. The van der Waals surface area contributed by atoms with E-state index in [-0.39, 0.29) is 0 Å². The van der Waals surface area contributed by atoms with Gasteiger partial charge in [0, 0.05) is 0 Å². The lowest BCUT2D eigenvalue weighted by molar-refractivity contribution is 0.136. The van der Waals surface area contributed by atoms with Crippen LogP contribution in [-0.4, -0.2) is 24.5 Å². The Bertz CT molecular complexity index is 989. The highest BCUT2D eigenvalue weighted by molar-refractivity contribution is 5.21. The monoisotopic (exact) mass is 856 g/mol. The summed E-state index contributed by atoms with van der Waals surface area (Å²) in [5.74, 6) is 12.2. The average Bonchev–Trinajstić information content (AvgIpc) is 3.10. The minimum absolute atomic E-state index is 0.608. The van der Waals surface area contributed by atoms with Gasteiger partial charge in [-0.1, -0.05) is 210 Å². The molecule has 1 aromatic rings. The van der Waals surface area contributed by atoms with E-state index in [9.17, 15) is 0 Å². The summed E-state index contributed by atoms with van der Waals surface area (Å²) in [6.07, 6.45) is 13.7. The first-order valence-corrected chi connectivity index (χ1v) is 26.9. The molecule has 2 atom stereocenters. The van der Waals surface area contributed by atoms with Gasteiger partial charge in [-0.25, -0.2) is 0 Å². The third-order valence-corrected chi connectivity index (χ3v) is 12.8. The van der Waals surface area contributed by atoms with Crippen molar-refractivity contribution in [1.82, 2.24) is 4.90 Å².